The normalized spacial score (nSPS) is 12.1. The highest BCUT2D eigenvalue weighted by molar-refractivity contribution is 5.82. The molecule has 2 aromatic carbocycles. The first-order chi connectivity index (χ1) is 17.1. The molecule has 0 fully saturated rings. The third kappa shape index (κ3) is 8.11. The molecule has 1 heterocycles. The van der Waals surface area contributed by atoms with Crippen LogP contribution in [0.4, 0.5) is 10.8 Å². The van der Waals surface area contributed by atoms with E-state index in [4.69, 9.17) is 13.9 Å². The number of carbonyl (C=O) groups is 2. The maximum atomic E-state index is 12.8. The van der Waals surface area contributed by atoms with E-state index in [1.165, 1.54) is 0 Å². The lowest BCUT2D eigenvalue weighted by molar-refractivity contribution is -0.156. The second-order valence-corrected chi connectivity index (χ2v) is 9.49. The lowest BCUT2D eigenvalue weighted by Gasteiger charge is -2.24. The number of ether oxygens (including phenoxy) is 2. The van der Waals surface area contributed by atoms with Gasteiger partial charge in [-0.25, -0.2) is 14.4 Å². The van der Waals surface area contributed by atoms with Crippen molar-refractivity contribution in [3.63, 3.8) is 0 Å². The van der Waals surface area contributed by atoms with Gasteiger partial charge in [-0.3, -0.25) is 0 Å². The first-order valence-corrected chi connectivity index (χ1v) is 12.0. The molecule has 0 radical (unpaired) electrons. The summed E-state index contributed by atoms with van der Waals surface area (Å²) in [4.78, 5) is 41.6. The van der Waals surface area contributed by atoms with Gasteiger partial charge >= 0.3 is 17.7 Å². The van der Waals surface area contributed by atoms with Crippen LogP contribution in [0.2, 0.25) is 0 Å². The van der Waals surface area contributed by atoms with Crippen molar-refractivity contribution in [1.82, 2.24) is 10.3 Å². The topological polar surface area (TPSA) is 120 Å². The molecule has 0 bridgehead atoms. The van der Waals surface area contributed by atoms with Crippen LogP contribution in [-0.2, 0) is 20.9 Å². The fourth-order valence-corrected chi connectivity index (χ4v) is 3.55. The van der Waals surface area contributed by atoms with Crippen LogP contribution < -0.4 is 16.3 Å². The predicted octanol–water partition coefficient (Wildman–Crippen LogP) is 4.72. The minimum absolute atomic E-state index is 0.0448. The van der Waals surface area contributed by atoms with Crippen LogP contribution in [0.3, 0.4) is 0 Å². The molecule has 3 rings (SSSR count). The number of aryl methyl sites for hydroxylation is 1. The molecule has 0 spiro atoms. The summed E-state index contributed by atoms with van der Waals surface area (Å²) in [5, 5.41) is 6.04. The molecule has 1 aromatic heterocycles. The molecule has 9 nitrogen and oxygen atoms in total. The number of unbranched alkanes of at least 4 members (excludes halogenated alkanes) is 1. The summed E-state index contributed by atoms with van der Waals surface area (Å²) < 4.78 is 16.1. The van der Waals surface area contributed by atoms with Crippen molar-refractivity contribution in [2.24, 2.45) is 0 Å². The number of rotatable bonds is 10. The summed E-state index contributed by atoms with van der Waals surface area (Å²) in [5.74, 6) is -0.480. The Labute approximate surface area is 210 Å². The number of anilines is 1. The van der Waals surface area contributed by atoms with Gasteiger partial charge in [0.05, 0.1) is 10.9 Å². The SMILES string of the molecule is Cc1cccc2nc(N[C@@H](CCCCNC(=O)OCc3ccccc3)C(=O)OC(C)(C)C)oc(=O)c12. The van der Waals surface area contributed by atoms with E-state index >= 15 is 0 Å². The predicted molar refractivity (Wildman–Crippen MR) is 137 cm³/mol. The smallest absolute Gasteiger partial charge is 0.407 e. The van der Waals surface area contributed by atoms with Crippen LogP contribution in [0, 0.1) is 6.92 Å². The molecular weight excluding hydrogens is 462 g/mol. The molecule has 9 heteroatoms. The summed E-state index contributed by atoms with van der Waals surface area (Å²) >= 11 is 0. The van der Waals surface area contributed by atoms with E-state index in [1.54, 1.807) is 32.9 Å². The van der Waals surface area contributed by atoms with Gasteiger partial charge in [0, 0.05) is 6.54 Å². The van der Waals surface area contributed by atoms with E-state index in [1.807, 2.05) is 43.3 Å². The molecule has 1 atom stereocenters. The largest absolute Gasteiger partial charge is 0.458 e. The second kappa shape index (κ2) is 12.2. The fourth-order valence-electron chi connectivity index (χ4n) is 3.55. The summed E-state index contributed by atoms with van der Waals surface area (Å²) in [6.07, 6.45) is 1.08. The number of carbonyl (C=O) groups excluding carboxylic acids is 2. The zero-order valence-corrected chi connectivity index (χ0v) is 21.1. The maximum absolute atomic E-state index is 12.8. The van der Waals surface area contributed by atoms with Gasteiger partial charge in [-0.05, 0) is 64.2 Å². The zero-order chi connectivity index (χ0) is 26.1. The molecule has 0 saturated carbocycles. The Hall–Kier alpha value is -3.88. The number of hydrogen-bond acceptors (Lipinski definition) is 8. The molecule has 0 unspecified atom stereocenters. The van der Waals surface area contributed by atoms with Gasteiger partial charge in [-0.1, -0.05) is 42.5 Å². The number of nitrogens with zero attached hydrogens (tertiary/aromatic N) is 1. The minimum Gasteiger partial charge on any atom is -0.458 e. The first kappa shape index (κ1) is 26.7. The van der Waals surface area contributed by atoms with Gasteiger partial charge in [0.25, 0.3) is 6.01 Å². The number of esters is 1. The monoisotopic (exact) mass is 495 g/mol. The van der Waals surface area contributed by atoms with Crippen molar-refractivity contribution in [2.45, 2.75) is 65.2 Å². The van der Waals surface area contributed by atoms with E-state index in [-0.39, 0.29) is 12.6 Å². The Balaban J connectivity index is 1.56. The van der Waals surface area contributed by atoms with Crippen LogP contribution in [-0.4, -0.2) is 35.2 Å². The fraction of sp³-hybridized carbons (Fsp3) is 0.407. The number of fused-ring (bicyclic) bond motifs is 1. The highest BCUT2D eigenvalue weighted by atomic mass is 16.6. The lowest BCUT2D eigenvalue weighted by atomic mass is 10.1. The van der Waals surface area contributed by atoms with Gasteiger partial charge in [0.15, 0.2) is 0 Å². The summed E-state index contributed by atoms with van der Waals surface area (Å²) in [7, 11) is 0. The molecule has 36 heavy (non-hydrogen) atoms. The van der Waals surface area contributed by atoms with Crippen molar-refractivity contribution >= 4 is 29.0 Å². The average molecular weight is 496 g/mol. The number of amides is 1. The molecule has 0 aliphatic rings. The Morgan fingerprint density at radius 1 is 1.06 bits per heavy atom. The second-order valence-electron chi connectivity index (χ2n) is 9.49. The van der Waals surface area contributed by atoms with Crippen LogP contribution >= 0.6 is 0 Å². The maximum Gasteiger partial charge on any atom is 0.407 e. The molecule has 0 aliphatic carbocycles. The number of hydrogen-bond donors (Lipinski definition) is 2. The van der Waals surface area contributed by atoms with Gasteiger partial charge in [-0.2, -0.15) is 4.98 Å². The van der Waals surface area contributed by atoms with Crippen molar-refractivity contribution < 1.29 is 23.5 Å². The van der Waals surface area contributed by atoms with Crippen LogP contribution in [0.25, 0.3) is 10.9 Å². The van der Waals surface area contributed by atoms with Crippen molar-refractivity contribution in [3.8, 4) is 0 Å². The van der Waals surface area contributed by atoms with Gasteiger partial charge in [0.2, 0.25) is 0 Å². The number of alkyl carbamates (subject to hydrolysis) is 1. The van der Waals surface area contributed by atoms with Crippen molar-refractivity contribution in [2.75, 3.05) is 11.9 Å². The summed E-state index contributed by atoms with van der Waals surface area (Å²) in [6.45, 7) is 7.74. The van der Waals surface area contributed by atoms with Crippen LogP contribution in [0.1, 0.15) is 51.2 Å². The molecule has 1 amide bonds. The van der Waals surface area contributed by atoms with E-state index in [9.17, 15) is 14.4 Å². The summed E-state index contributed by atoms with van der Waals surface area (Å²) in [5.41, 5.74) is 0.939. The van der Waals surface area contributed by atoms with E-state index < -0.39 is 29.3 Å². The standard InChI is InChI=1S/C27H33N3O6/c1-18-11-10-15-20-22(18)24(32)35-25(29-20)30-21(23(31)36-27(2,3)4)14-8-9-16-28-26(33)34-17-19-12-6-5-7-13-19/h5-7,10-13,15,21H,8-9,14,16-17H2,1-4H3,(H,28,33)(H,29,30)/t21-/m0/s1. The highest BCUT2D eigenvalue weighted by Crippen LogP contribution is 2.18. The molecule has 0 aliphatic heterocycles. The molecule has 3 aromatic rings. The van der Waals surface area contributed by atoms with Crippen molar-refractivity contribution in [3.05, 3.63) is 70.1 Å². The van der Waals surface area contributed by atoms with Crippen LogP contribution in [0.15, 0.2) is 57.7 Å². The first-order valence-electron chi connectivity index (χ1n) is 12.0. The number of nitrogens with one attached hydrogen (secondary N) is 2. The molecular formula is C27H33N3O6. The summed E-state index contributed by atoms with van der Waals surface area (Å²) in [6, 6.07) is 13.9. The highest BCUT2D eigenvalue weighted by Gasteiger charge is 2.26. The Morgan fingerprint density at radius 2 is 1.81 bits per heavy atom. The number of aromatic nitrogens is 1. The lowest BCUT2D eigenvalue weighted by Crippen LogP contribution is -2.37. The Bertz CT molecular complexity index is 1230. The van der Waals surface area contributed by atoms with Gasteiger partial charge in [-0.15, -0.1) is 0 Å². The zero-order valence-electron chi connectivity index (χ0n) is 21.1. The minimum atomic E-state index is -0.785. The third-order valence-electron chi connectivity index (χ3n) is 5.26. The Morgan fingerprint density at radius 3 is 2.53 bits per heavy atom. The number of benzene rings is 2. The van der Waals surface area contributed by atoms with Gasteiger partial charge in [0.1, 0.15) is 18.2 Å². The van der Waals surface area contributed by atoms with E-state index in [2.05, 4.69) is 15.6 Å². The van der Waals surface area contributed by atoms with Gasteiger partial charge < -0.3 is 24.5 Å². The molecule has 0 saturated heterocycles. The van der Waals surface area contributed by atoms with Crippen molar-refractivity contribution in [1.29, 1.82) is 0 Å². The third-order valence-corrected chi connectivity index (χ3v) is 5.26. The van der Waals surface area contributed by atoms with E-state index in [0.29, 0.717) is 36.7 Å². The molecule has 192 valence electrons. The quantitative estimate of drug-likeness (QED) is 0.306. The van der Waals surface area contributed by atoms with Crippen LogP contribution in [0.5, 0.6) is 0 Å². The van der Waals surface area contributed by atoms with E-state index in [0.717, 1.165) is 11.1 Å². The molecule has 2 N–H and O–H groups in total. The Kier molecular flexibility index (Phi) is 9.05. The average Bonchev–Trinajstić information content (AvgIpc) is 2.81.